The van der Waals surface area contributed by atoms with Crippen LogP contribution in [0.5, 0.6) is 0 Å². The topological polar surface area (TPSA) is 52.5 Å². The lowest BCUT2D eigenvalue weighted by atomic mass is 10.00. The number of fused-ring (bicyclic) bond motifs is 1. The van der Waals surface area contributed by atoms with Gasteiger partial charge < -0.3 is 4.98 Å². The fourth-order valence-corrected chi connectivity index (χ4v) is 3.27. The molecule has 102 valence electrons. The van der Waals surface area contributed by atoms with Crippen molar-refractivity contribution in [2.45, 2.75) is 17.8 Å². The van der Waals surface area contributed by atoms with E-state index >= 15 is 0 Å². The fourth-order valence-electron chi connectivity index (χ4n) is 3.00. The van der Waals surface area contributed by atoms with Gasteiger partial charge in [-0.15, -0.1) is 0 Å². The first-order valence-corrected chi connectivity index (χ1v) is 7.23. The van der Waals surface area contributed by atoms with Gasteiger partial charge in [0, 0.05) is 10.9 Å². The number of nitrogens with one attached hydrogen (secondary N) is 1. The van der Waals surface area contributed by atoms with E-state index in [2.05, 4.69) is 16.0 Å². The predicted octanol–water partition coefficient (Wildman–Crippen LogP) is 4.17. The third-order valence-electron chi connectivity index (χ3n) is 4.25. The molecule has 1 N–H and O–H groups in total. The van der Waals surface area contributed by atoms with E-state index in [9.17, 15) is 5.26 Å². The average Bonchev–Trinajstić information content (AvgIpc) is 3.09. The maximum Gasteiger partial charge on any atom is 0.128 e. The number of halogens is 1. The average molecular weight is 294 g/mol. The van der Waals surface area contributed by atoms with Crippen LogP contribution in [0.2, 0.25) is 5.02 Å². The van der Waals surface area contributed by atoms with Crippen LogP contribution in [0.1, 0.15) is 23.7 Å². The molecule has 0 unspecified atom stereocenters. The number of benzene rings is 2. The number of H-pyrrole nitrogens is 1. The number of hydrogen-bond acceptors (Lipinski definition) is 2. The standard InChI is InChI=1S/C17H12ClN3/c18-13-6-2-1-5-11(13)12-9-17(12,10-19)16-20-14-7-3-4-8-15(14)21-16/h1-8,12H,9H2,(H,20,21)/t12-,17-/m0/s1. The lowest BCUT2D eigenvalue weighted by Crippen LogP contribution is -2.09. The van der Waals surface area contributed by atoms with Crippen molar-refractivity contribution >= 4 is 22.6 Å². The molecule has 1 fully saturated rings. The largest absolute Gasteiger partial charge is 0.341 e. The van der Waals surface area contributed by atoms with Crippen LogP contribution in [0.3, 0.4) is 0 Å². The van der Waals surface area contributed by atoms with E-state index < -0.39 is 5.41 Å². The number of nitriles is 1. The van der Waals surface area contributed by atoms with E-state index in [4.69, 9.17) is 11.6 Å². The van der Waals surface area contributed by atoms with Crippen molar-refractivity contribution in [3.8, 4) is 6.07 Å². The normalized spacial score (nSPS) is 23.9. The second kappa shape index (κ2) is 4.34. The Morgan fingerprint density at radius 2 is 1.95 bits per heavy atom. The van der Waals surface area contributed by atoms with E-state index in [-0.39, 0.29) is 5.92 Å². The lowest BCUT2D eigenvalue weighted by Gasteiger charge is -2.07. The highest BCUT2D eigenvalue weighted by atomic mass is 35.5. The molecule has 1 aliphatic rings. The van der Waals surface area contributed by atoms with Crippen LogP contribution < -0.4 is 0 Å². The SMILES string of the molecule is N#C[C@@]1(c2nc3ccccc3[nH]2)C[C@H]1c1ccccc1Cl. The molecule has 0 saturated heterocycles. The van der Waals surface area contributed by atoms with Gasteiger partial charge >= 0.3 is 0 Å². The highest BCUT2D eigenvalue weighted by Gasteiger charge is 2.59. The van der Waals surface area contributed by atoms with Gasteiger partial charge in [-0.25, -0.2) is 4.98 Å². The Balaban J connectivity index is 1.80. The van der Waals surface area contributed by atoms with E-state index in [1.165, 1.54) is 0 Å². The summed E-state index contributed by atoms with van der Waals surface area (Å²) in [6.45, 7) is 0. The quantitative estimate of drug-likeness (QED) is 0.771. The van der Waals surface area contributed by atoms with Gasteiger partial charge in [-0.1, -0.05) is 41.9 Å². The van der Waals surface area contributed by atoms with Crippen molar-refractivity contribution in [2.24, 2.45) is 0 Å². The van der Waals surface area contributed by atoms with Crippen LogP contribution in [0.25, 0.3) is 11.0 Å². The van der Waals surface area contributed by atoms with Crippen LogP contribution in [0.15, 0.2) is 48.5 Å². The molecule has 0 spiro atoms. The minimum atomic E-state index is -0.579. The Morgan fingerprint density at radius 1 is 1.19 bits per heavy atom. The van der Waals surface area contributed by atoms with Crippen LogP contribution in [-0.4, -0.2) is 9.97 Å². The van der Waals surface area contributed by atoms with Crippen LogP contribution in [0.4, 0.5) is 0 Å². The summed E-state index contributed by atoms with van der Waals surface area (Å²) < 4.78 is 0. The van der Waals surface area contributed by atoms with Gasteiger partial charge in [0.15, 0.2) is 0 Å². The summed E-state index contributed by atoms with van der Waals surface area (Å²) >= 11 is 6.27. The molecule has 1 aromatic heterocycles. The predicted molar refractivity (Wildman–Crippen MR) is 82.2 cm³/mol. The highest BCUT2D eigenvalue weighted by Crippen LogP contribution is 2.60. The lowest BCUT2D eigenvalue weighted by molar-refractivity contribution is 0.790. The summed E-state index contributed by atoms with van der Waals surface area (Å²) in [5.41, 5.74) is 2.31. The molecule has 1 aliphatic carbocycles. The molecule has 4 rings (SSSR count). The first-order chi connectivity index (χ1) is 10.2. The molecule has 3 nitrogen and oxygen atoms in total. The molecule has 1 heterocycles. The molecular formula is C17H12ClN3. The third-order valence-corrected chi connectivity index (χ3v) is 4.60. The number of aromatic amines is 1. The minimum absolute atomic E-state index is 0.108. The summed E-state index contributed by atoms with van der Waals surface area (Å²) in [5.74, 6) is 0.855. The zero-order chi connectivity index (χ0) is 14.4. The Morgan fingerprint density at radius 3 is 2.71 bits per heavy atom. The maximum absolute atomic E-state index is 9.70. The molecule has 21 heavy (non-hydrogen) atoms. The van der Waals surface area contributed by atoms with Gasteiger partial charge in [-0.3, -0.25) is 0 Å². The molecule has 3 aromatic rings. The summed E-state index contributed by atoms with van der Waals surface area (Å²) in [7, 11) is 0. The van der Waals surface area contributed by atoms with Crippen LogP contribution >= 0.6 is 11.6 Å². The van der Waals surface area contributed by atoms with Gasteiger partial charge in [0.2, 0.25) is 0 Å². The van der Waals surface area contributed by atoms with E-state index in [0.717, 1.165) is 33.9 Å². The van der Waals surface area contributed by atoms with Gasteiger partial charge in [-0.05, 0) is 30.2 Å². The van der Waals surface area contributed by atoms with Crippen molar-refractivity contribution in [3.63, 3.8) is 0 Å². The number of hydrogen-bond donors (Lipinski definition) is 1. The molecule has 2 aromatic carbocycles. The van der Waals surface area contributed by atoms with E-state index in [0.29, 0.717) is 0 Å². The van der Waals surface area contributed by atoms with Crippen molar-refractivity contribution in [1.29, 1.82) is 5.26 Å². The zero-order valence-electron chi connectivity index (χ0n) is 11.2. The molecule has 0 radical (unpaired) electrons. The Hall–Kier alpha value is -2.31. The summed E-state index contributed by atoms with van der Waals surface area (Å²) in [6, 6.07) is 18.0. The highest BCUT2D eigenvalue weighted by molar-refractivity contribution is 6.31. The van der Waals surface area contributed by atoms with Gasteiger partial charge in [0.05, 0.1) is 17.1 Å². The van der Waals surface area contributed by atoms with Crippen molar-refractivity contribution < 1.29 is 0 Å². The van der Waals surface area contributed by atoms with Crippen LogP contribution in [0, 0.1) is 11.3 Å². The van der Waals surface area contributed by atoms with E-state index in [1.54, 1.807) is 0 Å². The summed E-state index contributed by atoms with van der Waals surface area (Å²) in [4.78, 5) is 7.89. The Bertz CT molecular complexity index is 844. The van der Waals surface area contributed by atoms with Crippen molar-refractivity contribution in [3.05, 3.63) is 64.9 Å². The monoisotopic (exact) mass is 293 g/mol. The molecule has 1 saturated carbocycles. The molecular weight excluding hydrogens is 282 g/mol. The second-order valence-corrected chi connectivity index (χ2v) is 5.87. The molecule has 0 amide bonds. The van der Waals surface area contributed by atoms with Crippen molar-refractivity contribution in [1.82, 2.24) is 9.97 Å². The third kappa shape index (κ3) is 1.76. The van der Waals surface area contributed by atoms with Gasteiger partial charge in [0.25, 0.3) is 0 Å². The molecule has 2 atom stereocenters. The summed E-state index contributed by atoms with van der Waals surface area (Å²) in [5, 5.41) is 10.4. The Labute approximate surface area is 127 Å². The molecule has 0 aliphatic heterocycles. The smallest absolute Gasteiger partial charge is 0.128 e. The number of nitrogens with zero attached hydrogens (tertiary/aromatic N) is 2. The summed E-state index contributed by atoms with van der Waals surface area (Å²) in [6.07, 6.45) is 0.757. The van der Waals surface area contributed by atoms with Gasteiger partial charge in [0.1, 0.15) is 11.2 Å². The second-order valence-electron chi connectivity index (χ2n) is 5.46. The number of rotatable bonds is 2. The fraction of sp³-hybridized carbons (Fsp3) is 0.176. The number of imidazole rings is 1. The number of para-hydroxylation sites is 2. The molecule has 0 bridgehead atoms. The first kappa shape index (κ1) is 12.4. The minimum Gasteiger partial charge on any atom is -0.341 e. The van der Waals surface area contributed by atoms with Crippen LogP contribution in [-0.2, 0) is 5.41 Å². The van der Waals surface area contributed by atoms with E-state index in [1.807, 2.05) is 48.5 Å². The van der Waals surface area contributed by atoms with Crippen molar-refractivity contribution in [2.75, 3.05) is 0 Å². The van der Waals surface area contributed by atoms with Gasteiger partial charge in [-0.2, -0.15) is 5.26 Å². The zero-order valence-corrected chi connectivity index (χ0v) is 11.9. The Kier molecular flexibility index (Phi) is 2.57. The number of aromatic nitrogens is 2. The molecule has 4 heteroatoms. The first-order valence-electron chi connectivity index (χ1n) is 6.85. The maximum atomic E-state index is 9.70.